The topological polar surface area (TPSA) is 29.5 Å². The first-order chi connectivity index (χ1) is 7.95. The molecule has 0 aromatic heterocycles. The first-order valence-corrected chi connectivity index (χ1v) is 7.05. The van der Waals surface area contributed by atoms with Crippen molar-refractivity contribution in [3.8, 4) is 5.75 Å². The molecule has 3 heteroatoms. The van der Waals surface area contributed by atoms with Gasteiger partial charge in [0.15, 0.2) is 0 Å². The first kappa shape index (κ1) is 12.8. The molecule has 1 aromatic carbocycles. The van der Waals surface area contributed by atoms with Crippen LogP contribution >= 0.6 is 11.8 Å². The highest BCUT2D eigenvalue weighted by Crippen LogP contribution is 2.44. The second-order valence-corrected chi connectivity index (χ2v) is 6.58. The molecule has 2 nitrogen and oxygen atoms in total. The van der Waals surface area contributed by atoms with Gasteiger partial charge in [0.25, 0.3) is 0 Å². The molecule has 1 atom stereocenters. The minimum absolute atomic E-state index is 0.192. The van der Waals surface area contributed by atoms with Crippen LogP contribution in [0.2, 0.25) is 0 Å². The lowest BCUT2D eigenvalue weighted by Crippen LogP contribution is -2.40. The Morgan fingerprint density at radius 2 is 1.82 bits per heavy atom. The molecule has 0 amide bonds. The Labute approximate surface area is 107 Å². The number of benzene rings is 1. The molecular weight excluding hydrogens is 232 g/mol. The molecule has 1 aromatic rings. The van der Waals surface area contributed by atoms with Crippen LogP contribution in [0, 0.1) is 5.41 Å². The van der Waals surface area contributed by atoms with E-state index < -0.39 is 5.60 Å². The molecule has 1 heterocycles. The Bertz CT molecular complexity index is 386. The fourth-order valence-electron chi connectivity index (χ4n) is 2.48. The molecule has 94 valence electrons. The monoisotopic (exact) mass is 252 g/mol. The van der Waals surface area contributed by atoms with Crippen molar-refractivity contribution >= 4 is 11.8 Å². The average Bonchev–Trinajstić information content (AvgIpc) is 2.27. The van der Waals surface area contributed by atoms with Crippen LogP contribution in [-0.2, 0) is 5.60 Å². The molecule has 1 N–H and O–H groups in total. The Hall–Kier alpha value is -0.670. The maximum Gasteiger partial charge on any atom is 0.118 e. The predicted octanol–water partition coefficient (Wildman–Crippen LogP) is 3.05. The van der Waals surface area contributed by atoms with Gasteiger partial charge in [-0.2, -0.15) is 11.8 Å². The summed E-state index contributed by atoms with van der Waals surface area (Å²) < 4.78 is 5.14. The molecule has 0 aliphatic carbocycles. The van der Waals surface area contributed by atoms with Crippen LogP contribution in [0.3, 0.4) is 0 Å². The van der Waals surface area contributed by atoms with E-state index in [0.29, 0.717) is 0 Å². The van der Waals surface area contributed by atoms with Crippen molar-refractivity contribution in [2.45, 2.75) is 25.9 Å². The summed E-state index contributed by atoms with van der Waals surface area (Å²) in [6.07, 6.45) is 0.819. The summed E-state index contributed by atoms with van der Waals surface area (Å²) in [4.78, 5) is 0. The van der Waals surface area contributed by atoms with E-state index in [1.54, 1.807) is 7.11 Å². The normalized spacial score (nSPS) is 27.8. The Kier molecular flexibility index (Phi) is 3.41. The van der Waals surface area contributed by atoms with Crippen molar-refractivity contribution in [1.29, 1.82) is 0 Å². The van der Waals surface area contributed by atoms with Crippen LogP contribution in [0.15, 0.2) is 24.3 Å². The van der Waals surface area contributed by atoms with Crippen molar-refractivity contribution < 1.29 is 9.84 Å². The zero-order valence-electron chi connectivity index (χ0n) is 10.7. The van der Waals surface area contributed by atoms with E-state index in [1.807, 2.05) is 36.0 Å². The molecule has 0 spiro atoms. The number of hydrogen-bond acceptors (Lipinski definition) is 3. The maximum absolute atomic E-state index is 10.8. The first-order valence-electron chi connectivity index (χ1n) is 5.90. The molecule has 0 bridgehead atoms. The third-order valence-corrected chi connectivity index (χ3v) is 4.90. The second-order valence-electron chi connectivity index (χ2n) is 5.59. The number of hydrogen-bond donors (Lipinski definition) is 1. The van der Waals surface area contributed by atoms with E-state index in [-0.39, 0.29) is 5.41 Å². The highest BCUT2D eigenvalue weighted by Gasteiger charge is 2.40. The Morgan fingerprint density at radius 3 is 2.35 bits per heavy atom. The fourth-order valence-corrected chi connectivity index (χ4v) is 3.84. The molecule has 17 heavy (non-hydrogen) atoms. The summed E-state index contributed by atoms with van der Waals surface area (Å²) in [6.45, 7) is 4.43. The van der Waals surface area contributed by atoms with Gasteiger partial charge in [-0.25, -0.2) is 0 Å². The summed E-state index contributed by atoms with van der Waals surface area (Å²) in [6, 6.07) is 7.78. The van der Waals surface area contributed by atoms with Crippen LogP contribution < -0.4 is 4.74 Å². The van der Waals surface area contributed by atoms with Crippen molar-refractivity contribution in [3.63, 3.8) is 0 Å². The summed E-state index contributed by atoms with van der Waals surface area (Å²) in [5.74, 6) is 2.73. The zero-order valence-corrected chi connectivity index (χ0v) is 11.5. The minimum Gasteiger partial charge on any atom is -0.497 e. The van der Waals surface area contributed by atoms with Gasteiger partial charge in [0.2, 0.25) is 0 Å². The average molecular weight is 252 g/mol. The highest BCUT2D eigenvalue weighted by atomic mass is 32.2. The largest absolute Gasteiger partial charge is 0.497 e. The van der Waals surface area contributed by atoms with E-state index in [9.17, 15) is 5.11 Å². The quantitative estimate of drug-likeness (QED) is 0.877. The van der Waals surface area contributed by atoms with Gasteiger partial charge in [-0.1, -0.05) is 26.0 Å². The van der Waals surface area contributed by atoms with Gasteiger partial charge in [-0.05, 0) is 35.3 Å². The van der Waals surface area contributed by atoms with Crippen LogP contribution in [0.25, 0.3) is 0 Å². The van der Waals surface area contributed by atoms with Crippen molar-refractivity contribution in [1.82, 2.24) is 0 Å². The standard InChI is InChI=1S/C14H20O2S/c1-13(2)8-14(15,10-17-9-13)11-4-6-12(16-3)7-5-11/h4-7,15H,8-10H2,1-3H3. The summed E-state index contributed by atoms with van der Waals surface area (Å²) in [5, 5.41) is 10.8. The lowest BCUT2D eigenvalue weighted by Gasteiger charge is -2.41. The van der Waals surface area contributed by atoms with E-state index in [0.717, 1.165) is 29.2 Å². The van der Waals surface area contributed by atoms with Crippen LogP contribution in [-0.4, -0.2) is 23.7 Å². The lowest BCUT2D eigenvalue weighted by molar-refractivity contribution is 0.0156. The molecule has 1 aliphatic rings. The summed E-state index contributed by atoms with van der Waals surface area (Å²) >= 11 is 1.83. The maximum atomic E-state index is 10.8. The fraction of sp³-hybridized carbons (Fsp3) is 0.571. The van der Waals surface area contributed by atoms with E-state index >= 15 is 0 Å². The van der Waals surface area contributed by atoms with Gasteiger partial charge in [0.05, 0.1) is 12.7 Å². The molecule has 0 radical (unpaired) electrons. The number of methoxy groups -OCH3 is 1. The summed E-state index contributed by atoms with van der Waals surface area (Å²) in [5.41, 5.74) is 0.495. The van der Waals surface area contributed by atoms with Crippen molar-refractivity contribution in [2.24, 2.45) is 5.41 Å². The van der Waals surface area contributed by atoms with Crippen molar-refractivity contribution in [2.75, 3.05) is 18.6 Å². The van der Waals surface area contributed by atoms with Gasteiger partial charge in [-0.3, -0.25) is 0 Å². The van der Waals surface area contributed by atoms with Crippen LogP contribution in [0.1, 0.15) is 25.8 Å². The lowest BCUT2D eigenvalue weighted by atomic mass is 9.78. The van der Waals surface area contributed by atoms with Gasteiger partial charge in [-0.15, -0.1) is 0 Å². The van der Waals surface area contributed by atoms with Crippen molar-refractivity contribution in [3.05, 3.63) is 29.8 Å². The second kappa shape index (κ2) is 4.54. The Morgan fingerprint density at radius 1 is 1.18 bits per heavy atom. The van der Waals surface area contributed by atoms with E-state index in [1.165, 1.54) is 0 Å². The number of aliphatic hydroxyl groups is 1. The predicted molar refractivity (Wildman–Crippen MR) is 72.6 cm³/mol. The molecule has 2 rings (SSSR count). The molecule has 1 aliphatic heterocycles. The Balaban J connectivity index is 2.24. The van der Waals surface area contributed by atoms with E-state index in [4.69, 9.17) is 4.74 Å². The highest BCUT2D eigenvalue weighted by molar-refractivity contribution is 7.99. The summed E-state index contributed by atoms with van der Waals surface area (Å²) in [7, 11) is 1.66. The molecule has 0 saturated carbocycles. The third-order valence-electron chi connectivity index (χ3n) is 3.23. The van der Waals surface area contributed by atoms with Crippen LogP contribution in [0.5, 0.6) is 5.75 Å². The number of ether oxygens (including phenoxy) is 1. The molecule has 1 unspecified atom stereocenters. The van der Waals surface area contributed by atoms with Crippen LogP contribution in [0.4, 0.5) is 0 Å². The SMILES string of the molecule is COc1ccc(C2(O)CSCC(C)(C)C2)cc1. The molecule has 1 saturated heterocycles. The minimum atomic E-state index is -0.696. The van der Waals surface area contributed by atoms with E-state index in [2.05, 4.69) is 13.8 Å². The molecular formula is C14H20O2S. The van der Waals surface area contributed by atoms with Gasteiger partial charge >= 0.3 is 0 Å². The number of thioether (sulfide) groups is 1. The molecule has 1 fully saturated rings. The smallest absolute Gasteiger partial charge is 0.118 e. The van der Waals surface area contributed by atoms with Gasteiger partial charge in [0, 0.05) is 5.75 Å². The zero-order chi connectivity index (χ0) is 12.5. The van der Waals surface area contributed by atoms with Gasteiger partial charge in [0.1, 0.15) is 5.75 Å². The van der Waals surface area contributed by atoms with Gasteiger partial charge < -0.3 is 9.84 Å². The third kappa shape index (κ3) is 2.78. The number of rotatable bonds is 2.